The van der Waals surface area contributed by atoms with Gasteiger partial charge in [0.15, 0.2) is 23.1 Å². The van der Waals surface area contributed by atoms with Crippen molar-refractivity contribution in [3.8, 4) is 51.0 Å². The van der Waals surface area contributed by atoms with E-state index in [-0.39, 0.29) is 0 Å². The van der Waals surface area contributed by atoms with Gasteiger partial charge in [-0.3, -0.25) is 0 Å². The van der Waals surface area contributed by atoms with E-state index in [0.717, 1.165) is 99.2 Å². The van der Waals surface area contributed by atoms with Crippen LogP contribution in [0.2, 0.25) is 0 Å². The van der Waals surface area contributed by atoms with Crippen LogP contribution < -0.4 is 0 Å². The van der Waals surface area contributed by atoms with Crippen LogP contribution in [0.5, 0.6) is 0 Å². The average Bonchev–Trinajstić information content (AvgIpc) is 3.97. The SMILES string of the molecule is c1ccc(-c2nc(-c3ccccc3)nc(-c3cccc4c3oc3c(-c5ccc6c(c5)c5ccc7c8ccccc8oc7c5n6-c5ccccc5)cccc34)n2)cc1. The highest BCUT2D eigenvalue weighted by Crippen LogP contribution is 2.44. The Morgan fingerprint density at radius 1 is 0.351 bits per heavy atom. The quantitative estimate of drug-likeness (QED) is 0.176. The van der Waals surface area contributed by atoms with E-state index in [2.05, 4.69) is 108 Å². The van der Waals surface area contributed by atoms with E-state index >= 15 is 0 Å². The normalized spacial score (nSPS) is 11.9. The number of hydrogen-bond donors (Lipinski definition) is 0. The van der Waals surface area contributed by atoms with Crippen molar-refractivity contribution in [3.05, 3.63) is 182 Å². The molecule has 4 heterocycles. The van der Waals surface area contributed by atoms with Gasteiger partial charge >= 0.3 is 0 Å². The third-order valence-corrected chi connectivity index (χ3v) is 11.1. The third kappa shape index (κ3) is 4.87. The Morgan fingerprint density at radius 3 is 1.63 bits per heavy atom. The minimum atomic E-state index is 0.556. The number of fused-ring (bicyclic) bond motifs is 10. The fourth-order valence-electron chi connectivity index (χ4n) is 8.45. The van der Waals surface area contributed by atoms with E-state index in [9.17, 15) is 0 Å². The van der Waals surface area contributed by atoms with Crippen LogP contribution in [-0.4, -0.2) is 19.5 Å². The van der Waals surface area contributed by atoms with E-state index in [0.29, 0.717) is 17.5 Å². The summed E-state index contributed by atoms with van der Waals surface area (Å²) in [6.07, 6.45) is 0. The summed E-state index contributed by atoms with van der Waals surface area (Å²) in [5, 5.41) is 6.50. The molecule has 6 heteroatoms. The molecule has 12 rings (SSSR count). The standard InChI is InChI=1S/C51H30N4O2/c1-4-14-31(15-5-1)49-52-50(32-16-6-2-7-17-32)54-51(53-49)41-24-13-23-39-38-22-12-21-35(46(38)57-47(39)41)33-26-29-43-42(30-33)37-27-28-40-36-20-10-11-25-44(36)56-48(40)45(37)55(43)34-18-8-3-9-19-34/h1-30H. The highest BCUT2D eigenvalue weighted by atomic mass is 16.3. The monoisotopic (exact) mass is 730 g/mol. The second-order valence-corrected chi connectivity index (χ2v) is 14.3. The Hall–Kier alpha value is -7.83. The molecule has 266 valence electrons. The number of para-hydroxylation sites is 4. The predicted molar refractivity (Wildman–Crippen MR) is 230 cm³/mol. The molecular weight excluding hydrogens is 701 g/mol. The molecule has 0 aliphatic heterocycles. The summed E-state index contributed by atoms with van der Waals surface area (Å²) < 4.78 is 15.9. The van der Waals surface area contributed by atoms with Crippen LogP contribution in [0, 0.1) is 0 Å². The minimum absolute atomic E-state index is 0.556. The van der Waals surface area contributed by atoms with Gasteiger partial charge in [0.1, 0.15) is 16.7 Å². The van der Waals surface area contributed by atoms with Crippen molar-refractivity contribution in [2.75, 3.05) is 0 Å². The Morgan fingerprint density at radius 2 is 0.912 bits per heavy atom. The number of nitrogens with zero attached hydrogens (tertiary/aromatic N) is 4. The molecule has 6 nitrogen and oxygen atoms in total. The van der Waals surface area contributed by atoms with Crippen LogP contribution in [0.1, 0.15) is 0 Å². The third-order valence-electron chi connectivity index (χ3n) is 11.1. The predicted octanol–water partition coefficient (Wildman–Crippen LogP) is 13.4. The van der Waals surface area contributed by atoms with Crippen molar-refractivity contribution >= 4 is 65.7 Å². The zero-order chi connectivity index (χ0) is 37.5. The molecule has 0 radical (unpaired) electrons. The van der Waals surface area contributed by atoms with Crippen LogP contribution in [0.3, 0.4) is 0 Å². The maximum absolute atomic E-state index is 6.96. The molecule has 0 N–H and O–H groups in total. The molecule has 4 aromatic heterocycles. The van der Waals surface area contributed by atoms with Crippen molar-refractivity contribution < 1.29 is 8.83 Å². The van der Waals surface area contributed by atoms with E-state index < -0.39 is 0 Å². The molecule has 0 aliphatic rings. The summed E-state index contributed by atoms with van der Waals surface area (Å²) in [6.45, 7) is 0. The smallest absolute Gasteiger partial charge is 0.167 e. The second kappa shape index (κ2) is 12.3. The second-order valence-electron chi connectivity index (χ2n) is 14.3. The largest absolute Gasteiger partial charge is 0.455 e. The molecule has 0 spiro atoms. The zero-order valence-electron chi connectivity index (χ0n) is 30.4. The Balaban J connectivity index is 1.07. The highest BCUT2D eigenvalue weighted by Gasteiger charge is 2.22. The van der Waals surface area contributed by atoms with Crippen molar-refractivity contribution in [2.24, 2.45) is 0 Å². The number of rotatable bonds is 5. The first-order valence-electron chi connectivity index (χ1n) is 19.0. The molecule has 0 saturated carbocycles. The fraction of sp³-hybridized carbons (Fsp3) is 0. The van der Waals surface area contributed by atoms with Gasteiger partial charge < -0.3 is 13.4 Å². The summed E-state index contributed by atoms with van der Waals surface area (Å²) in [7, 11) is 0. The summed E-state index contributed by atoms with van der Waals surface area (Å²) in [5.41, 5.74) is 11.3. The molecule has 0 fully saturated rings. The fourth-order valence-corrected chi connectivity index (χ4v) is 8.45. The molecule has 0 atom stereocenters. The van der Waals surface area contributed by atoms with Crippen LogP contribution >= 0.6 is 0 Å². The highest BCUT2D eigenvalue weighted by molar-refractivity contribution is 6.22. The molecule has 0 amide bonds. The molecule has 8 aromatic carbocycles. The Bertz CT molecular complexity index is 3450. The lowest BCUT2D eigenvalue weighted by Crippen LogP contribution is -2.00. The number of aromatic nitrogens is 4. The van der Waals surface area contributed by atoms with Crippen molar-refractivity contribution in [1.82, 2.24) is 19.5 Å². The molecule has 57 heavy (non-hydrogen) atoms. The molecule has 0 unspecified atom stereocenters. The van der Waals surface area contributed by atoms with Gasteiger partial charge in [-0.15, -0.1) is 0 Å². The topological polar surface area (TPSA) is 69.9 Å². The summed E-state index contributed by atoms with van der Waals surface area (Å²) in [4.78, 5) is 15.0. The first kappa shape index (κ1) is 31.5. The summed E-state index contributed by atoms with van der Waals surface area (Å²) in [6, 6.07) is 62.6. The summed E-state index contributed by atoms with van der Waals surface area (Å²) in [5.74, 6) is 1.77. The van der Waals surface area contributed by atoms with Gasteiger partial charge in [0.05, 0.1) is 16.6 Å². The maximum atomic E-state index is 6.96. The van der Waals surface area contributed by atoms with Crippen LogP contribution in [0.25, 0.3) is 117 Å². The van der Waals surface area contributed by atoms with E-state index in [1.54, 1.807) is 0 Å². The van der Waals surface area contributed by atoms with Gasteiger partial charge in [-0.05, 0) is 48.0 Å². The van der Waals surface area contributed by atoms with Gasteiger partial charge in [0.2, 0.25) is 0 Å². The lowest BCUT2D eigenvalue weighted by atomic mass is 9.99. The first-order valence-corrected chi connectivity index (χ1v) is 19.0. The van der Waals surface area contributed by atoms with Gasteiger partial charge in [-0.1, -0.05) is 140 Å². The molecular formula is C51H30N4O2. The number of furan rings is 2. The molecule has 0 aliphatic carbocycles. The summed E-state index contributed by atoms with van der Waals surface area (Å²) >= 11 is 0. The van der Waals surface area contributed by atoms with E-state index in [1.807, 2.05) is 78.9 Å². The maximum Gasteiger partial charge on any atom is 0.167 e. The van der Waals surface area contributed by atoms with Crippen molar-refractivity contribution in [1.29, 1.82) is 0 Å². The van der Waals surface area contributed by atoms with Crippen LogP contribution in [0.4, 0.5) is 0 Å². The van der Waals surface area contributed by atoms with E-state index in [4.69, 9.17) is 23.8 Å². The molecule has 0 bridgehead atoms. The van der Waals surface area contributed by atoms with Crippen molar-refractivity contribution in [3.63, 3.8) is 0 Å². The van der Waals surface area contributed by atoms with Gasteiger partial charge in [0, 0.05) is 54.7 Å². The van der Waals surface area contributed by atoms with Crippen LogP contribution in [0.15, 0.2) is 191 Å². The average molecular weight is 731 g/mol. The number of hydrogen-bond acceptors (Lipinski definition) is 5. The molecule has 12 aromatic rings. The van der Waals surface area contributed by atoms with Crippen LogP contribution in [-0.2, 0) is 0 Å². The van der Waals surface area contributed by atoms with Gasteiger partial charge in [-0.25, -0.2) is 15.0 Å². The number of benzene rings is 8. The Kier molecular flexibility index (Phi) is 6.83. The lowest BCUT2D eigenvalue weighted by molar-refractivity contribution is 0.670. The van der Waals surface area contributed by atoms with Crippen molar-refractivity contribution in [2.45, 2.75) is 0 Å². The Labute approximate surface area is 325 Å². The lowest BCUT2D eigenvalue weighted by Gasteiger charge is -2.08. The molecule has 0 saturated heterocycles. The van der Waals surface area contributed by atoms with Gasteiger partial charge in [0.25, 0.3) is 0 Å². The zero-order valence-corrected chi connectivity index (χ0v) is 30.4. The minimum Gasteiger partial charge on any atom is -0.455 e. The van der Waals surface area contributed by atoms with Gasteiger partial charge in [-0.2, -0.15) is 0 Å². The van der Waals surface area contributed by atoms with E-state index in [1.165, 1.54) is 0 Å². The first-order chi connectivity index (χ1) is 28.3.